The highest BCUT2D eigenvalue weighted by Crippen LogP contribution is 2.09. The fourth-order valence-corrected chi connectivity index (χ4v) is 1.47. The van der Waals surface area contributed by atoms with Crippen LogP contribution in [0.25, 0.3) is 0 Å². The van der Waals surface area contributed by atoms with Gasteiger partial charge in [-0.25, -0.2) is 8.78 Å². The van der Waals surface area contributed by atoms with Gasteiger partial charge in [0, 0.05) is 0 Å². The standard InChI is InChI=1S/C10H22F2N2/c1-9(5-6-13)4-3-7-14(2)8-10(11)12/h9-10H,3-8,13H2,1-2H3. The minimum absolute atomic E-state index is 0.120. The lowest BCUT2D eigenvalue weighted by atomic mass is 10.0. The lowest BCUT2D eigenvalue weighted by molar-refractivity contribution is 0.0991. The molecule has 14 heavy (non-hydrogen) atoms. The summed E-state index contributed by atoms with van der Waals surface area (Å²) in [7, 11) is 1.74. The first-order chi connectivity index (χ1) is 6.56. The zero-order chi connectivity index (χ0) is 11.0. The van der Waals surface area contributed by atoms with Gasteiger partial charge in [0.05, 0.1) is 6.54 Å². The molecule has 2 N–H and O–H groups in total. The van der Waals surface area contributed by atoms with E-state index in [0.717, 1.165) is 25.8 Å². The minimum Gasteiger partial charge on any atom is -0.330 e. The molecule has 0 aliphatic carbocycles. The third kappa shape index (κ3) is 8.38. The summed E-state index contributed by atoms with van der Waals surface area (Å²) in [6, 6.07) is 0. The Morgan fingerprint density at radius 3 is 2.43 bits per heavy atom. The fraction of sp³-hybridized carbons (Fsp3) is 1.00. The third-order valence-electron chi connectivity index (χ3n) is 2.35. The largest absolute Gasteiger partial charge is 0.330 e. The highest BCUT2D eigenvalue weighted by atomic mass is 19.3. The lowest BCUT2D eigenvalue weighted by Crippen LogP contribution is -2.26. The predicted octanol–water partition coefficient (Wildman–Crippen LogP) is 1.95. The van der Waals surface area contributed by atoms with Gasteiger partial charge in [-0.15, -0.1) is 0 Å². The summed E-state index contributed by atoms with van der Waals surface area (Å²) in [5.74, 6) is 0.611. The van der Waals surface area contributed by atoms with Crippen molar-refractivity contribution in [2.24, 2.45) is 11.7 Å². The van der Waals surface area contributed by atoms with E-state index in [2.05, 4.69) is 6.92 Å². The first-order valence-electron chi connectivity index (χ1n) is 5.23. The van der Waals surface area contributed by atoms with Gasteiger partial charge in [-0.3, -0.25) is 0 Å². The summed E-state index contributed by atoms with van der Waals surface area (Å²) in [4.78, 5) is 1.68. The predicted molar refractivity (Wildman–Crippen MR) is 55.6 cm³/mol. The van der Waals surface area contributed by atoms with E-state index in [-0.39, 0.29) is 6.54 Å². The Labute approximate surface area is 85.5 Å². The van der Waals surface area contributed by atoms with E-state index in [9.17, 15) is 8.78 Å². The molecule has 1 unspecified atom stereocenters. The third-order valence-corrected chi connectivity index (χ3v) is 2.35. The summed E-state index contributed by atoms with van der Waals surface area (Å²) in [6.45, 7) is 3.50. The van der Waals surface area contributed by atoms with E-state index in [1.807, 2.05) is 0 Å². The van der Waals surface area contributed by atoms with Crippen LogP contribution in [0.1, 0.15) is 26.2 Å². The summed E-state index contributed by atoms with van der Waals surface area (Å²) >= 11 is 0. The molecule has 1 atom stereocenters. The zero-order valence-electron chi connectivity index (χ0n) is 9.18. The van der Waals surface area contributed by atoms with Gasteiger partial charge in [-0.05, 0) is 45.3 Å². The Kier molecular flexibility index (Phi) is 7.99. The molecule has 0 rings (SSSR count). The normalized spacial score (nSPS) is 13.9. The van der Waals surface area contributed by atoms with E-state index in [4.69, 9.17) is 5.73 Å². The lowest BCUT2D eigenvalue weighted by Gasteiger charge is -2.17. The molecule has 0 fully saturated rings. The summed E-state index contributed by atoms with van der Waals surface area (Å²) in [5.41, 5.74) is 5.42. The molecule has 4 heteroatoms. The van der Waals surface area contributed by atoms with Gasteiger partial charge in [-0.2, -0.15) is 0 Å². The Hall–Kier alpha value is -0.220. The average Bonchev–Trinajstić information content (AvgIpc) is 2.02. The quantitative estimate of drug-likeness (QED) is 0.660. The maximum atomic E-state index is 11.9. The molecule has 0 amide bonds. The molecule has 0 aliphatic heterocycles. The smallest absolute Gasteiger partial charge is 0.251 e. The van der Waals surface area contributed by atoms with Gasteiger partial charge in [0.25, 0.3) is 6.43 Å². The number of halogens is 2. The highest BCUT2D eigenvalue weighted by molar-refractivity contribution is 4.58. The van der Waals surface area contributed by atoms with Crippen LogP contribution in [0.3, 0.4) is 0 Å². The maximum absolute atomic E-state index is 11.9. The van der Waals surface area contributed by atoms with Crippen LogP contribution in [0.4, 0.5) is 8.78 Å². The summed E-state index contributed by atoms with van der Waals surface area (Å²) < 4.78 is 23.9. The summed E-state index contributed by atoms with van der Waals surface area (Å²) in [6.07, 6.45) is 0.856. The summed E-state index contributed by atoms with van der Waals surface area (Å²) in [5, 5.41) is 0. The molecule has 0 aromatic heterocycles. The molecular formula is C10H22F2N2. The molecule has 0 aromatic rings. The molecule has 0 radical (unpaired) electrons. The van der Waals surface area contributed by atoms with E-state index in [0.29, 0.717) is 12.5 Å². The Morgan fingerprint density at radius 1 is 1.29 bits per heavy atom. The zero-order valence-corrected chi connectivity index (χ0v) is 9.18. The van der Waals surface area contributed by atoms with Crippen molar-refractivity contribution < 1.29 is 8.78 Å². The van der Waals surface area contributed by atoms with Crippen LogP contribution in [-0.4, -0.2) is 38.0 Å². The molecule has 0 saturated heterocycles. The van der Waals surface area contributed by atoms with Gasteiger partial charge in [0.1, 0.15) is 0 Å². The van der Waals surface area contributed by atoms with Crippen LogP contribution >= 0.6 is 0 Å². The van der Waals surface area contributed by atoms with Crippen molar-refractivity contribution in [1.29, 1.82) is 0 Å². The van der Waals surface area contributed by atoms with Gasteiger partial charge < -0.3 is 10.6 Å². The second kappa shape index (κ2) is 8.12. The van der Waals surface area contributed by atoms with Crippen LogP contribution in [0.15, 0.2) is 0 Å². The topological polar surface area (TPSA) is 29.3 Å². The van der Waals surface area contributed by atoms with E-state index >= 15 is 0 Å². The molecule has 0 aromatic carbocycles. The molecule has 2 nitrogen and oxygen atoms in total. The number of alkyl halides is 2. The molecular weight excluding hydrogens is 186 g/mol. The first-order valence-corrected chi connectivity index (χ1v) is 5.23. The van der Waals surface area contributed by atoms with Crippen molar-refractivity contribution in [3.8, 4) is 0 Å². The van der Waals surface area contributed by atoms with E-state index in [1.165, 1.54) is 0 Å². The van der Waals surface area contributed by atoms with Crippen LogP contribution in [0.2, 0.25) is 0 Å². The minimum atomic E-state index is -2.22. The van der Waals surface area contributed by atoms with Crippen LogP contribution in [-0.2, 0) is 0 Å². The monoisotopic (exact) mass is 208 g/mol. The maximum Gasteiger partial charge on any atom is 0.251 e. The number of hydrogen-bond acceptors (Lipinski definition) is 2. The average molecular weight is 208 g/mol. The number of rotatable bonds is 8. The molecule has 0 saturated carbocycles. The molecule has 0 bridgehead atoms. The van der Waals surface area contributed by atoms with Gasteiger partial charge in [0.15, 0.2) is 0 Å². The van der Waals surface area contributed by atoms with Crippen molar-refractivity contribution in [2.75, 3.05) is 26.7 Å². The van der Waals surface area contributed by atoms with Crippen molar-refractivity contribution in [1.82, 2.24) is 4.90 Å². The van der Waals surface area contributed by atoms with Crippen molar-refractivity contribution in [3.05, 3.63) is 0 Å². The van der Waals surface area contributed by atoms with Crippen molar-refractivity contribution >= 4 is 0 Å². The number of nitrogens with zero attached hydrogens (tertiary/aromatic N) is 1. The van der Waals surface area contributed by atoms with Gasteiger partial charge in [-0.1, -0.05) is 6.92 Å². The Balaban J connectivity index is 3.34. The van der Waals surface area contributed by atoms with Crippen LogP contribution in [0, 0.1) is 5.92 Å². The number of hydrogen-bond donors (Lipinski definition) is 1. The molecule has 0 aliphatic rings. The molecule has 86 valence electrons. The van der Waals surface area contributed by atoms with Crippen LogP contribution < -0.4 is 5.73 Å². The Morgan fingerprint density at radius 2 is 1.93 bits per heavy atom. The number of nitrogens with two attached hydrogens (primary N) is 1. The van der Waals surface area contributed by atoms with Gasteiger partial charge >= 0.3 is 0 Å². The second-order valence-electron chi connectivity index (χ2n) is 3.98. The van der Waals surface area contributed by atoms with Crippen LogP contribution in [0.5, 0.6) is 0 Å². The Bertz CT molecular complexity index is 131. The van der Waals surface area contributed by atoms with Crippen molar-refractivity contribution in [3.63, 3.8) is 0 Å². The van der Waals surface area contributed by atoms with E-state index in [1.54, 1.807) is 11.9 Å². The molecule has 0 heterocycles. The van der Waals surface area contributed by atoms with E-state index < -0.39 is 6.43 Å². The first kappa shape index (κ1) is 13.8. The van der Waals surface area contributed by atoms with Gasteiger partial charge in [0.2, 0.25) is 0 Å². The van der Waals surface area contributed by atoms with Crippen molar-refractivity contribution in [2.45, 2.75) is 32.6 Å². The second-order valence-corrected chi connectivity index (χ2v) is 3.98. The fourth-order valence-electron chi connectivity index (χ4n) is 1.47. The molecule has 0 spiro atoms. The highest BCUT2D eigenvalue weighted by Gasteiger charge is 2.07. The SMILES string of the molecule is CC(CCN)CCCN(C)CC(F)F.